The van der Waals surface area contributed by atoms with Crippen LogP contribution in [0.1, 0.15) is 35.7 Å². The Morgan fingerprint density at radius 3 is 2.89 bits per heavy atom. The topological polar surface area (TPSA) is 35.5 Å². The second-order valence-electron chi connectivity index (χ2n) is 4.72. The van der Waals surface area contributed by atoms with Gasteiger partial charge in [0.25, 0.3) is 0 Å². The largest absolute Gasteiger partial charge is 0.490 e. The number of hydrogen-bond donors (Lipinski definition) is 0. The molecule has 98 valence electrons. The van der Waals surface area contributed by atoms with Gasteiger partial charge in [-0.3, -0.25) is 4.79 Å². The molecule has 0 aromatic heterocycles. The fourth-order valence-corrected chi connectivity index (χ4v) is 2.81. The lowest BCUT2D eigenvalue weighted by atomic mass is 10.1. The molecule has 1 fully saturated rings. The van der Waals surface area contributed by atoms with Crippen molar-refractivity contribution in [2.75, 3.05) is 6.61 Å². The third-order valence-electron chi connectivity index (χ3n) is 3.13. The van der Waals surface area contributed by atoms with Crippen molar-refractivity contribution in [2.45, 2.75) is 38.9 Å². The van der Waals surface area contributed by atoms with Crippen LogP contribution in [-0.2, 0) is 4.74 Å². The van der Waals surface area contributed by atoms with Crippen LogP contribution in [0.3, 0.4) is 0 Å². The van der Waals surface area contributed by atoms with Gasteiger partial charge >= 0.3 is 0 Å². The smallest absolute Gasteiger partial charge is 0.153 e. The van der Waals surface area contributed by atoms with E-state index in [4.69, 9.17) is 9.47 Å². The Balaban J connectivity index is 2.06. The van der Waals surface area contributed by atoms with Gasteiger partial charge in [-0.25, -0.2) is 0 Å². The molecule has 1 heterocycles. The molecular weight excluding hydrogens is 296 g/mol. The molecule has 0 saturated carbocycles. The van der Waals surface area contributed by atoms with Gasteiger partial charge in [0.15, 0.2) is 6.29 Å². The van der Waals surface area contributed by atoms with Gasteiger partial charge < -0.3 is 9.47 Å². The Morgan fingerprint density at radius 2 is 2.28 bits per heavy atom. The predicted octanol–water partition coefficient (Wildman–Crippen LogP) is 3.52. The number of aryl methyl sites for hydroxylation is 1. The van der Waals surface area contributed by atoms with Crippen LogP contribution in [0.25, 0.3) is 0 Å². The maximum atomic E-state index is 11.0. The number of hydrogen-bond acceptors (Lipinski definition) is 3. The van der Waals surface area contributed by atoms with Gasteiger partial charge in [-0.1, -0.05) is 15.9 Å². The fourth-order valence-electron chi connectivity index (χ4n) is 2.22. The summed E-state index contributed by atoms with van der Waals surface area (Å²) in [6.07, 6.45) is 3.38. The highest BCUT2D eigenvalue weighted by Crippen LogP contribution is 2.28. The molecule has 0 radical (unpaired) electrons. The van der Waals surface area contributed by atoms with Gasteiger partial charge in [0.05, 0.1) is 17.8 Å². The highest BCUT2D eigenvalue weighted by molar-refractivity contribution is 9.10. The molecule has 1 saturated heterocycles. The van der Waals surface area contributed by atoms with Crippen LogP contribution in [0.4, 0.5) is 0 Å². The minimum absolute atomic E-state index is 0.141. The zero-order valence-corrected chi connectivity index (χ0v) is 12.2. The Bertz CT molecular complexity index is 445. The molecule has 4 heteroatoms. The average molecular weight is 313 g/mol. The lowest BCUT2D eigenvalue weighted by Gasteiger charge is -2.16. The molecule has 1 aliphatic heterocycles. The van der Waals surface area contributed by atoms with Gasteiger partial charge in [0, 0.05) is 4.47 Å². The van der Waals surface area contributed by atoms with Crippen LogP contribution in [0.15, 0.2) is 16.6 Å². The van der Waals surface area contributed by atoms with Gasteiger partial charge in [-0.05, 0) is 44.4 Å². The lowest BCUT2D eigenvalue weighted by molar-refractivity contribution is 0.0261. The molecule has 2 unspecified atom stereocenters. The number of carbonyl (C=O) groups excluding carboxylic acids is 1. The van der Waals surface area contributed by atoms with Gasteiger partial charge in [0.2, 0.25) is 0 Å². The van der Waals surface area contributed by atoms with Crippen LogP contribution >= 0.6 is 15.9 Å². The van der Waals surface area contributed by atoms with Crippen LogP contribution in [0, 0.1) is 6.92 Å². The molecule has 3 nitrogen and oxygen atoms in total. The SMILES string of the molecule is Cc1cc(Br)cc(C=O)c1OCC1CCC(C)O1. The first-order valence-electron chi connectivity index (χ1n) is 6.13. The number of halogens is 1. The summed E-state index contributed by atoms with van der Waals surface area (Å²) in [5.74, 6) is 0.663. The first kappa shape index (κ1) is 13.6. The second kappa shape index (κ2) is 5.85. The average Bonchev–Trinajstić information content (AvgIpc) is 2.73. The van der Waals surface area contributed by atoms with E-state index < -0.39 is 0 Å². The van der Waals surface area contributed by atoms with Crippen molar-refractivity contribution in [3.8, 4) is 5.75 Å². The van der Waals surface area contributed by atoms with Crippen molar-refractivity contribution in [1.82, 2.24) is 0 Å². The van der Waals surface area contributed by atoms with E-state index in [0.29, 0.717) is 24.0 Å². The summed E-state index contributed by atoms with van der Waals surface area (Å²) in [6, 6.07) is 3.72. The lowest BCUT2D eigenvalue weighted by Crippen LogP contribution is -2.18. The van der Waals surface area contributed by atoms with Crippen LogP contribution in [-0.4, -0.2) is 25.1 Å². The van der Waals surface area contributed by atoms with E-state index in [-0.39, 0.29) is 6.10 Å². The quantitative estimate of drug-likeness (QED) is 0.798. The minimum atomic E-state index is 0.141. The second-order valence-corrected chi connectivity index (χ2v) is 5.63. The number of aldehydes is 1. The number of benzene rings is 1. The summed E-state index contributed by atoms with van der Waals surface area (Å²) in [5, 5.41) is 0. The van der Waals surface area contributed by atoms with Crippen molar-refractivity contribution in [3.05, 3.63) is 27.7 Å². The van der Waals surface area contributed by atoms with Crippen LogP contribution in [0.2, 0.25) is 0 Å². The maximum Gasteiger partial charge on any atom is 0.153 e. The maximum absolute atomic E-state index is 11.0. The van der Waals surface area contributed by atoms with Crippen molar-refractivity contribution < 1.29 is 14.3 Å². The standard InChI is InChI=1S/C14H17BrO3/c1-9-5-12(15)6-11(7-16)14(9)17-8-13-4-3-10(2)18-13/h5-7,10,13H,3-4,8H2,1-2H3. The van der Waals surface area contributed by atoms with E-state index >= 15 is 0 Å². The molecule has 0 bridgehead atoms. The molecule has 2 rings (SSSR count). The third-order valence-corrected chi connectivity index (χ3v) is 3.59. The predicted molar refractivity (Wildman–Crippen MR) is 73.3 cm³/mol. The van der Waals surface area contributed by atoms with E-state index in [1.54, 1.807) is 6.07 Å². The molecule has 0 spiro atoms. The Morgan fingerprint density at radius 1 is 1.50 bits per heavy atom. The monoisotopic (exact) mass is 312 g/mol. The summed E-state index contributed by atoms with van der Waals surface area (Å²) in [7, 11) is 0. The number of rotatable bonds is 4. The normalized spacial score (nSPS) is 23.1. The molecule has 0 aliphatic carbocycles. The Hall–Kier alpha value is -0.870. The zero-order valence-electron chi connectivity index (χ0n) is 10.6. The first-order valence-corrected chi connectivity index (χ1v) is 6.93. The minimum Gasteiger partial charge on any atom is -0.490 e. The van der Waals surface area contributed by atoms with Crippen molar-refractivity contribution in [2.24, 2.45) is 0 Å². The summed E-state index contributed by atoms with van der Waals surface area (Å²) < 4.78 is 12.4. The van der Waals surface area contributed by atoms with E-state index in [0.717, 1.165) is 29.2 Å². The molecule has 0 N–H and O–H groups in total. The van der Waals surface area contributed by atoms with Crippen molar-refractivity contribution in [1.29, 1.82) is 0 Å². The summed E-state index contributed by atoms with van der Waals surface area (Å²) >= 11 is 3.37. The third kappa shape index (κ3) is 3.12. The van der Waals surface area contributed by atoms with Crippen molar-refractivity contribution in [3.63, 3.8) is 0 Å². The Kier molecular flexibility index (Phi) is 4.40. The Labute approximate surface area is 116 Å². The first-order chi connectivity index (χ1) is 8.60. The van der Waals surface area contributed by atoms with E-state index in [2.05, 4.69) is 22.9 Å². The summed E-state index contributed by atoms with van der Waals surface area (Å²) in [4.78, 5) is 11.0. The number of ether oxygens (including phenoxy) is 2. The van der Waals surface area contributed by atoms with Crippen LogP contribution < -0.4 is 4.74 Å². The van der Waals surface area contributed by atoms with E-state index in [1.807, 2.05) is 13.0 Å². The van der Waals surface area contributed by atoms with E-state index in [1.165, 1.54) is 0 Å². The van der Waals surface area contributed by atoms with Gasteiger partial charge in [0.1, 0.15) is 12.4 Å². The zero-order chi connectivity index (χ0) is 13.1. The molecule has 0 amide bonds. The number of carbonyl (C=O) groups is 1. The van der Waals surface area contributed by atoms with Gasteiger partial charge in [-0.15, -0.1) is 0 Å². The van der Waals surface area contributed by atoms with Crippen molar-refractivity contribution >= 4 is 22.2 Å². The molecule has 18 heavy (non-hydrogen) atoms. The van der Waals surface area contributed by atoms with Crippen LogP contribution in [0.5, 0.6) is 5.75 Å². The highest BCUT2D eigenvalue weighted by Gasteiger charge is 2.22. The summed E-state index contributed by atoms with van der Waals surface area (Å²) in [6.45, 7) is 4.51. The van der Waals surface area contributed by atoms with Gasteiger partial charge in [-0.2, -0.15) is 0 Å². The van der Waals surface area contributed by atoms with E-state index in [9.17, 15) is 4.79 Å². The summed E-state index contributed by atoms with van der Waals surface area (Å²) in [5.41, 5.74) is 1.53. The fraction of sp³-hybridized carbons (Fsp3) is 0.500. The molecule has 1 aromatic carbocycles. The highest BCUT2D eigenvalue weighted by atomic mass is 79.9. The molecule has 2 atom stereocenters. The molecular formula is C14H17BrO3. The molecule has 1 aromatic rings. The molecule has 1 aliphatic rings.